The van der Waals surface area contributed by atoms with Crippen LogP contribution in [0.2, 0.25) is 0 Å². The minimum atomic E-state index is 0.341. The maximum atomic E-state index is 5.92. The number of rotatable bonds is 1. The van der Waals surface area contributed by atoms with E-state index in [2.05, 4.69) is 31.2 Å². The van der Waals surface area contributed by atoms with Crippen molar-refractivity contribution in [2.75, 3.05) is 0 Å². The van der Waals surface area contributed by atoms with Crippen LogP contribution in [0, 0.1) is 5.92 Å². The zero-order valence-electron chi connectivity index (χ0n) is 8.16. The zero-order chi connectivity index (χ0) is 9.26. The van der Waals surface area contributed by atoms with Crippen molar-refractivity contribution in [3.05, 3.63) is 35.4 Å². The summed E-state index contributed by atoms with van der Waals surface area (Å²) in [6, 6.07) is 9.08. The zero-order valence-corrected chi connectivity index (χ0v) is 8.16. The van der Waals surface area contributed by atoms with Crippen molar-refractivity contribution in [1.82, 2.24) is 0 Å². The molecule has 1 aliphatic rings. The molecule has 1 heteroatoms. The molecule has 2 rings (SSSR count). The summed E-state index contributed by atoms with van der Waals surface area (Å²) in [4.78, 5) is 0. The molecule has 0 radical (unpaired) electrons. The lowest BCUT2D eigenvalue weighted by Crippen LogP contribution is -2.31. The number of fused-ring (bicyclic) bond motifs is 1. The summed E-state index contributed by atoms with van der Waals surface area (Å²) in [7, 11) is 0. The average molecular weight is 175 g/mol. The van der Waals surface area contributed by atoms with E-state index >= 15 is 0 Å². The lowest BCUT2D eigenvalue weighted by molar-refractivity contribution is 0.393. The van der Waals surface area contributed by atoms with E-state index in [0.29, 0.717) is 12.0 Å². The van der Waals surface area contributed by atoms with Crippen LogP contribution >= 0.6 is 0 Å². The molecule has 0 fully saturated rings. The maximum Gasteiger partial charge on any atom is 0.00420 e. The van der Waals surface area contributed by atoms with E-state index in [1.54, 1.807) is 0 Å². The minimum Gasteiger partial charge on any atom is -0.328 e. The molecule has 0 aliphatic heterocycles. The molecule has 13 heavy (non-hydrogen) atoms. The molecule has 2 N–H and O–H groups in total. The second kappa shape index (κ2) is 3.51. The molecule has 70 valence electrons. The van der Waals surface area contributed by atoms with Gasteiger partial charge in [0.15, 0.2) is 0 Å². The lowest BCUT2D eigenvalue weighted by atomic mass is 9.81. The van der Waals surface area contributed by atoms with E-state index in [0.717, 1.165) is 0 Å². The van der Waals surface area contributed by atoms with E-state index < -0.39 is 0 Å². The Hall–Kier alpha value is -0.820. The topological polar surface area (TPSA) is 26.0 Å². The smallest absolute Gasteiger partial charge is 0.00420 e. The molecule has 2 unspecified atom stereocenters. The van der Waals surface area contributed by atoms with Crippen LogP contribution in [0.5, 0.6) is 0 Å². The minimum absolute atomic E-state index is 0.341. The molecule has 0 heterocycles. The Morgan fingerprint density at radius 1 is 1.31 bits per heavy atom. The molecular formula is C12H17N. The molecule has 2 atom stereocenters. The summed E-state index contributed by atoms with van der Waals surface area (Å²) in [5.41, 5.74) is 8.96. The van der Waals surface area contributed by atoms with Crippen LogP contribution in [0.3, 0.4) is 0 Å². The van der Waals surface area contributed by atoms with Crippen molar-refractivity contribution in [2.24, 2.45) is 11.7 Å². The van der Waals surface area contributed by atoms with Gasteiger partial charge in [-0.3, -0.25) is 0 Å². The van der Waals surface area contributed by atoms with Crippen LogP contribution in [0.4, 0.5) is 0 Å². The highest BCUT2D eigenvalue weighted by Gasteiger charge is 2.20. The van der Waals surface area contributed by atoms with Gasteiger partial charge in [-0.25, -0.2) is 0 Å². The second-order valence-corrected chi connectivity index (χ2v) is 4.13. The molecule has 0 aromatic heterocycles. The van der Waals surface area contributed by atoms with Gasteiger partial charge in [0.05, 0.1) is 0 Å². The van der Waals surface area contributed by atoms with Gasteiger partial charge in [-0.1, -0.05) is 24.3 Å². The first-order valence-corrected chi connectivity index (χ1v) is 5.09. The Labute approximate surface area is 80.0 Å². The fourth-order valence-electron chi connectivity index (χ4n) is 2.17. The molecular weight excluding hydrogens is 158 g/mol. The van der Waals surface area contributed by atoms with Gasteiger partial charge in [-0.2, -0.15) is 0 Å². The molecule has 0 saturated heterocycles. The molecule has 0 spiro atoms. The predicted octanol–water partition coefficient (Wildman–Crippen LogP) is 2.14. The first-order valence-electron chi connectivity index (χ1n) is 5.09. The van der Waals surface area contributed by atoms with Crippen LogP contribution in [0.1, 0.15) is 24.5 Å². The number of hydrogen-bond donors (Lipinski definition) is 1. The summed E-state index contributed by atoms with van der Waals surface area (Å²) in [6.45, 7) is 2.12. The standard InChI is InChI=1S/C12H17N/c1-9(13)11-7-6-10-4-2-3-5-12(10)8-11/h2-5,9,11H,6-8,13H2,1H3. The highest BCUT2D eigenvalue weighted by atomic mass is 14.6. The van der Waals surface area contributed by atoms with Gasteiger partial charge >= 0.3 is 0 Å². The van der Waals surface area contributed by atoms with Gasteiger partial charge in [0, 0.05) is 6.04 Å². The van der Waals surface area contributed by atoms with Gasteiger partial charge in [0.1, 0.15) is 0 Å². The van der Waals surface area contributed by atoms with Gasteiger partial charge in [0.2, 0.25) is 0 Å². The highest BCUT2D eigenvalue weighted by molar-refractivity contribution is 5.29. The molecule has 1 aromatic rings. The summed E-state index contributed by atoms with van der Waals surface area (Å²) in [5.74, 6) is 0.690. The van der Waals surface area contributed by atoms with Crippen LogP contribution in [-0.4, -0.2) is 6.04 Å². The number of nitrogens with two attached hydrogens (primary N) is 1. The Morgan fingerprint density at radius 3 is 2.69 bits per heavy atom. The van der Waals surface area contributed by atoms with Gasteiger partial charge in [0.25, 0.3) is 0 Å². The Kier molecular flexibility index (Phi) is 2.36. The van der Waals surface area contributed by atoms with Crippen LogP contribution in [0.15, 0.2) is 24.3 Å². The molecule has 0 bridgehead atoms. The molecule has 1 aliphatic carbocycles. The van der Waals surface area contributed by atoms with Crippen molar-refractivity contribution < 1.29 is 0 Å². The quantitative estimate of drug-likeness (QED) is 0.695. The Morgan fingerprint density at radius 2 is 2.00 bits per heavy atom. The van der Waals surface area contributed by atoms with Gasteiger partial charge in [-0.15, -0.1) is 0 Å². The first-order chi connectivity index (χ1) is 6.27. The SMILES string of the molecule is CC(N)C1CCc2ccccc2C1. The summed E-state index contributed by atoms with van der Waals surface area (Å²) < 4.78 is 0. The third-order valence-corrected chi connectivity index (χ3v) is 3.13. The molecule has 1 aromatic carbocycles. The molecule has 1 nitrogen and oxygen atoms in total. The van der Waals surface area contributed by atoms with E-state index in [1.807, 2.05) is 0 Å². The van der Waals surface area contributed by atoms with Crippen LogP contribution in [0.25, 0.3) is 0 Å². The average Bonchev–Trinajstić information content (AvgIpc) is 2.17. The number of benzene rings is 1. The van der Waals surface area contributed by atoms with E-state index in [9.17, 15) is 0 Å². The normalized spacial score (nSPS) is 23.7. The largest absolute Gasteiger partial charge is 0.328 e. The van der Waals surface area contributed by atoms with Crippen molar-refractivity contribution in [3.8, 4) is 0 Å². The Bertz CT molecular complexity index is 291. The third kappa shape index (κ3) is 1.75. The van der Waals surface area contributed by atoms with Gasteiger partial charge in [-0.05, 0) is 43.2 Å². The summed E-state index contributed by atoms with van der Waals surface area (Å²) >= 11 is 0. The monoisotopic (exact) mass is 175 g/mol. The highest BCUT2D eigenvalue weighted by Crippen LogP contribution is 2.26. The lowest BCUT2D eigenvalue weighted by Gasteiger charge is -2.27. The van der Waals surface area contributed by atoms with Crippen molar-refractivity contribution in [3.63, 3.8) is 0 Å². The third-order valence-electron chi connectivity index (χ3n) is 3.13. The van der Waals surface area contributed by atoms with E-state index in [-0.39, 0.29) is 0 Å². The van der Waals surface area contributed by atoms with E-state index in [4.69, 9.17) is 5.73 Å². The summed E-state index contributed by atoms with van der Waals surface area (Å²) in [5, 5.41) is 0. The fourth-order valence-corrected chi connectivity index (χ4v) is 2.17. The molecule has 0 saturated carbocycles. The van der Waals surface area contributed by atoms with Crippen molar-refractivity contribution in [1.29, 1.82) is 0 Å². The Balaban J connectivity index is 2.20. The van der Waals surface area contributed by atoms with E-state index in [1.165, 1.54) is 30.4 Å². The maximum absolute atomic E-state index is 5.92. The van der Waals surface area contributed by atoms with Gasteiger partial charge < -0.3 is 5.73 Å². The second-order valence-electron chi connectivity index (χ2n) is 4.13. The van der Waals surface area contributed by atoms with Crippen molar-refractivity contribution in [2.45, 2.75) is 32.2 Å². The fraction of sp³-hybridized carbons (Fsp3) is 0.500. The molecule has 0 amide bonds. The predicted molar refractivity (Wildman–Crippen MR) is 55.6 cm³/mol. The first kappa shape index (κ1) is 8.76. The number of aryl methyl sites for hydroxylation is 1. The van der Waals surface area contributed by atoms with Crippen LogP contribution in [-0.2, 0) is 12.8 Å². The van der Waals surface area contributed by atoms with Crippen molar-refractivity contribution >= 4 is 0 Å². The summed E-state index contributed by atoms with van der Waals surface area (Å²) in [6.07, 6.45) is 3.64. The van der Waals surface area contributed by atoms with Crippen LogP contribution < -0.4 is 5.73 Å². The number of hydrogen-bond acceptors (Lipinski definition) is 1.